The van der Waals surface area contributed by atoms with Crippen LogP contribution in [0, 0.1) is 17.3 Å². The summed E-state index contributed by atoms with van der Waals surface area (Å²) < 4.78 is 18.9. The summed E-state index contributed by atoms with van der Waals surface area (Å²) in [4.78, 5) is 0. The predicted molar refractivity (Wildman–Crippen MR) is 137 cm³/mol. The lowest BCUT2D eigenvalue weighted by Crippen LogP contribution is -2.46. The van der Waals surface area contributed by atoms with Crippen molar-refractivity contribution < 1.29 is 14.2 Å². The first-order valence-corrected chi connectivity index (χ1v) is 12.5. The monoisotopic (exact) mass is 459 g/mol. The van der Waals surface area contributed by atoms with Crippen LogP contribution in [0.5, 0.6) is 0 Å². The summed E-state index contributed by atoms with van der Waals surface area (Å²) >= 11 is 0. The molecule has 6 heteroatoms. The molecule has 0 saturated carbocycles. The Bertz CT molecular complexity index is 515. The van der Waals surface area contributed by atoms with Gasteiger partial charge in [-0.1, -0.05) is 20.8 Å². The van der Waals surface area contributed by atoms with Gasteiger partial charge in [-0.3, -0.25) is 0 Å². The van der Waals surface area contributed by atoms with Crippen molar-refractivity contribution in [2.75, 3.05) is 26.4 Å². The molecule has 0 aliphatic heterocycles. The molecule has 0 aromatic rings. The minimum atomic E-state index is -0.317. The minimum absolute atomic E-state index is 0.0117. The summed E-state index contributed by atoms with van der Waals surface area (Å²) in [7, 11) is 0. The first-order valence-electron chi connectivity index (χ1n) is 12.5. The van der Waals surface area contributed by atoms with E-state index in [2.05, 4.69) is 62.3 Å². The average Bonchev–Trinajstić information content (AvgIpc) is 2.62. The largest absolute Gasteiger partial charge is 0.379 e. The third-order valence-corrected chi connectivity index (χ3v) is 6.77. The Morgan fingerprint density at radius 2 is 1.22 bits per heavy atom. The van der Waals surface area contributed by atoms with Crippen molar-refractivity contribution in [1.82, 2.24) is 0 Å². The molecule has 0 amide bonds. The van der Waals surface area contributed by atoms with Crippen LogP contribution in [0.25, 0.3) is 0 Å². The SMILES string of the molecule is CCC(COCC(C)N)(CC(C)(C)OCC(C)C(C)N)CC(C)(C)OCC(C)C(C)(C)N. The summed E-state index contributed by atoms with van der Waals surface area (Å²) in [6, 6.07) is 0.120. The van der Waals surface area contributed by atoms with Crippen molar-refractivity contribution >= 4 is 0 Å². The zero-order valence-electron chi connectivity index (χ0n) is 23.2. The summed E-state index contributed by atoms with van der Waals surface area (Å²) in [6.45, 7) is 25.8. The van der Waals surface area contributed by atoms with Gasteiger partial charge in [-0.2, -0.15) is 0 Å². The van der Waals surface area contributed by atoms with Crippen molar-refractivity contribution in [3.63, 3.8) is 0 Å². The highest BCUT2D eigenvalue weighted by atomic mass is 16.5. The lowest BCUT2D eigenvalue weighted by Gasteiger charge is -2.44. The molecule has 0 heterocycles. The topological polar surface area (TPSA) is 106 Å². The van der Waals surface area contributed by atoms with Crippen LogP contribution in [0.3, 0.4) is 0 Å². The van der Waals surface area contributed by atoms with E-state index in [9.17, 15) is 0 Å². The van der Waals surface area contributed by atoms with Crippen LogP contribution in [0.4, 0.5) is 0 Å². The molecule has 0 aliphatic rings. The number of hydrogen-bond acceptors (Lipinski definition) is 6. The van der Waals surface area contributed by atoms with Gasteiger partial charge in [0.15, 0.2) is 0 Å². The highest BCUT2D eigenvalue weighted by Crippen LogP contribution is 2.42. The normalized spacial score (nSPS) is 19.3. The zero-order chi connectivity index (χ0) is 25.4. The quantitative estimate of drug-likeness (QED) is 0.296. The Labute approximate surface area is 199 Å². The summed E-state index contributed by atoms with van der Waals surface area (Å²) in [5.74, 6) is 0.562. The molecule has 6 nitrogen and oxygen atoms in total. The van der Waals surface area contributed by atoms with E-state index in [1.165, 1.54) is 0 Å². The zero-order valence-corrected chi connectivity index (χ0v) is 23.2. The third kappa shape index (κ3) is 12.9. The van der Waals surface area contributed by atoms with Crippen LogP contribution < -0.4 is 17.2 Å². The standard InChI is InChI=1S/C26H57N3O3/c1-12-26(18-30-15-21(4)27,16-23(6,7)31-13-19(2)22(5)28)17-24(8,9)32-14-20(3)25(10,11)29/h19-22H,12-18,27-29H2,1-11H3. The maximum atomic E-state index is 6.43. The van der Waals surface area contributed by atoms with Crippen molar-refractivity contribution in [1.29, 1.82) is 0 Å². The molecule has 0 radical (unpaired) electrons. The van der Waals surface area contributed by atoms with Crippen LogP contribution in [0.2, 0.25) is 0 Å². The summed E-state index contributed by atoms with van der Waals surface area (Å²) in [6.07, 6.45) is 2.70. The van der Waals surface area contributed by atoms with E-state index in [-0.39, 0.29) is 40.2 Å². The number of rotatable bonds is 17. The number of nitrogens with two attached hydrogens (primary N) is 3. The molecule has 0 rings (SSSR count). The van der Waals surface area contributed by atoms with E-state index >= 15 is 0 Å². The van der Waals surface area contributed by atoms with E-state index in [1.807, 2.05) is 13.8 Å². The van der Waals surface area contributed by atoms with Gasteiger partial charge in [-0.15, -0.1) is 0 Å². The van der Waals surface area contributed by atoms with Gasteiger partial charge in [-0.05, 0) is 91.9 Å². The molecule has 194 valence electrons. The Balaban J connectivity index is 5.48. The average molecular weight is 460 g/mol. The molecule has 6 N–H and O–H groups in total. The van der Waals surface area contributed by atoms with E-state index in [0.717, 1.165) is 19.3 Å². The highest BCUT2D eigenvalue weighted by Gasteiger charge is 2.41. The van der Waals surface area contributed by atoms with E-state index in [0.29, 0.717) is 32.3 Å². The molecule has 5 unspecified atom stereocenters. The van der Waals surface area contributed by atoms with Crippen LogP contribution in [0.1, 0.15) is 95.4 Å². The molecular weight excluding hydrogens is 402 g/mol. The molecule has 0 saturated heterocycles. The van der Waals surface area contributed by atoms with E-state index < -0.39 is 0 Å². The van der Waals surface area contributed by atoms with Gasteiger partial charge in [0.05, 0.1) is 37.6 Å². The van der Waals surface area contributed by atoms with Crippen LogP contribution in [-0.4, -0.2) is 55.3 Å². The van der Waals surface area contributed by atoms with Gasteiger partial charge < -0.3 is 31.4 Å². The first kappa shape index (κ1) is 31.8. The first-order chi connectivity index (χ1) is 14.3. The molecule has 0 aromatic heterocycles. The lowest BCUT2D eigenvalue weighted by atomic mass is 9.70. The fourth-order valence-corrected chi connectivity index (χ4v) is 3.96. The van der Waals surface area contributed by atoms with Gasteiger partial charge in [0.2, 0.25) is 0 Å². The second kappa shape index (κ2) is 13.0. The number of ether oxygens (including phenoxy) is 3. The predicted octanol–water partition coefficient (Wildman–Crippen LogP) is 4.47. The maximum Gasteiger partial charge on any atom is 0.0632 e. The van der Waals surface area contributed by atoms with Gasteiger partial charge in [0, 0.05) is 17.6 Å². The van der Waals surface area contributed by atoms with Crippen LogP contribution >= 0.6 is 0 Å². The van der Waals surface area contributed by atoms with E-state index in [1.54, 1.807) is 0 Å². The third-order valence-electron chi connectivity index (χ3n) is 6.77. The Hall–Kier alpha value is -0.240. The molecule has 0 spiro atoms. The molecule has 0 fully saturated rings. The second-order valence-corrected chi connectivity index (χ2v) is 12.4. The van der Waals surface area contributed by atoms with Gasteiger partial charge in [-0.25, -0.2) is 0 Å². The summed E-state index contributed by atoms with van der Waals surface area (Å²) in [5.41, 5.74) is 17.3. The van der Waals surface area contributed by atoms with Crippen molar-refractivity contribution in [3.05, 3.63) is 0 Å². The Morgan fingerprint density at radius 3 is 1.59 bits per heavy atom. The molecule has 0 bridgehead atoms. The highest BCUT2D eigenvalue weighted by molar-refractivity contribution is 4.92. The van der Waals surface area contributed by atoms with Crippen molar-refractivity contribution in [2.24, 2.45) is 34.5 Å². The fraction of sp³-hybridized carbons (Fsp3) is 1.00. The van der Waals surface area contributed by atoms with Gasteiger partial charge in [0.1, 0.15) is 0 Å². The molecule has 0 aromatic carbocycles. The van der Waals surface area contributed by atoms with Crippen molar-refractivity contribution in [3.8, 4) is 0 Å². The smallest absolute Gasteiger partial charge is 0.0632 e. The van der Waals surface area contributed by atoms with Gasteiger partial charge >= 0.3 is 0 Å². The molecule has 5 atom stereocenters. The lowest BCUT2D eigenvalue weighted by molar-refractivity contribution is -0.120. The molecule has 32 heavy (non-hydrogen) atoms. The van der Waals surface area contributed by atoms with Crippen molar-refractivity contribution in [2.45, 2.75) is 124 Å². The van der Waals surface area contributed by atoms with Crippen LogP contribution in [0.15, 0.2) is 0 Å². The minimum Gasteiger partial charge on any atom is -0.379 e. The summed E-state index contributed by atoms with van der Waals surface area (Å²) in [5, 5.41) is 0. The Morgan fingerprint density at radius 1 is 0.750 bits per heavy atom. The Kier molecular flexibility index (Phi) is 12.9. The van der Waals surface area contributed by atoms with Gasteiger partial charge in [0.25, 0.3) is 0 Å². The number of hydrogen-bond donors (Lipinski definition) is 3. The fourth-order valence-electron chi connectivity index (χ4n) is 3.96. The molecule has 0 aliphatic carbocycles. The second-order valence-electron chi connectivity index (χ2n) is 12.4. The molecular formula is C26H57N3O3. The van der Waals surface area contributed by atoms with Crippen LogP contribution in [-0.2, 0) is 14.2 Å². The maximum absolute atomic E-state index is 6.43. The van der Waals surface area contributed by atoms with E-state index in [4.69, 9.17) is 31.4 Å².